The zero-order valence-corrected chi connectivity index (χ0v) is 17.0. The molecule has 4 rings (SSSR count). The van der Waals surface area contributed by atoms with Crippen molar-refractivity contribution in [1.29, 1.82) is 0 Å². The Kier molecular flexibility index (Phi) is 5.30. The lowest BCUT2D eigenvalue weighted by Crippen LogP contribution is -2.29. The number of carbonyl (C=O) groups excluding carboxylic acids is 1. The zero-order chi connectivity index (χ0) is 20.4. The Morgan fingerprint density at radius 3 is 2.59 bits per heavy atom. The van der Waals surface area contributed by atoms with Gasteiger partial charge >= 0.3 is 5.97 Å². The van der Waals surface area contributed by atoms with Gasteiger partial charge in [-0.25, -0.2) is 13.2 Å². The van der Waals surface area contributed by atoms with Crippen LogP contribution in [-0.2, 0) is 27.8 Å². The summed E-state index contributed by atoms with van der Waals surface area (Å²) in [4.78, 5) is 12.5. The molecule has 0 saturated heterocycles. The second-order valence-corrected chi connectivity index (χ2v) is 8.92. The highest BCUT2D eigenvalue weighted by Gasteiger charge is 2.31. The van der Waals surface area contributed by atoms with Crippen LogP contribution in [0.1, 0.15) is 21.5 Å². The minimum atomic E-state index is -3.78. The Morgan fingerprint density at radius 1 is 1.00 bits per heavy atom. The average molecular weight is 428 g/mol. The van der Waals surface area contributed by atoms with Crippen molar-refractivity contribution in [1.82, 2.24) is 0 Å². The van der Waals surface area contributed by atoms with Crippen LogP contribution in [0, 0.1) is 0 Å². The molecule has 29 heavy (non-hydrogen) atoms. The Balaban J connectivity index is 1.56. The maximum absolute atomic E-state index is 13.2. The molecular weight excluding hydrogens is 410 g/mol. The number of halogens is 1. The van der Waals surface area contributed by atoms with E-state index in [0.29, 0.717) is 29.2 Å². The lowest BCUT2D eigenvalue weighted by atomic mass is 10.2. The molecule has 7 heteroatoms. The van der Waals surface area contributed by atoms with E-state index in [4.69, 9.17) is 16.3 Å². The Morgan fingerprint density at radius 2 is 1.76 bits per heavy atom. The van der Waals surface area contributed by atoms with Gasteiger partial charge in [0.25, 0.3) is 10.0 Å². The van der Waals surface area contributed by atoms with Crippen molar-refractivity contribution in [2.75, 3.05) is 10.8 Å². The van der Waals surface area contributed by atoms with E-state index in [1.54, 1.807) is 36.4 Å². The molecule has 148 valence electrons. The fourth-order valence-corrected chi connectivity index (χ4v) is 5.05. The number of sulfonamides is 1. The van der Waals surface area contributed by atoms with Gasteiger partial charge in [-0.15, -0.1) is 0 Å². The summed E-state index contributed by atoms with van der Waals surface area (Å²) < 4.78 is 33.0. The van der Waals surface area contributed by atoms with E-state index in [9.17, 15) is 13.2 Å². The summed E-state index contributed by atoms with van der Waals surface area (Å²) in [6, 6.07) is 20.4. The molecule has 0 aliphatic carbocycles. The van der Waals surface area contributed by atoms with Crippen LogP contribution in [0.4, 0.5) is 5.69 Å². The number of ether oxygens (including phenoxy) is 1. The van der Waals surface area contributed by atoms with Gasteiger partial charge in [-0.2, -0.15) is 0 Å². The van der Waals surface area contributed by atoms with Crippen LogP contribution in [0.5, 0.6) is 0 Å². The third-order valence-electron chi connectivity index (χ3n) is 4.82. The standard InChI is InChI=1S/C22H18ClNO4S/c23-20-10-3-1-7-18(20)15-28-22(25)17-8-5-9-19(14-17)29(26,27)24-13-12-16-6-2-4-11-21(16)24/h1-11,14H,12-13,15H2. The summed E-state index contributed by atoms with van der Waals surface area (Å²) >= 11 is 6.08. The first-order chi connectivity index (χ1) is 14.0. The second kappa shape index (κ2) is 7.89. The summed E-state index contributed by atoms with van der Waals surface area (Å²) in [5.74, 6) is -0.608. The van der Waals surface area contributed by atoms with Gasteiger partial charge in [0.05, 0.1) is 16.1 Å². The van der Waals surface area contributed by atoms with Gasteiger partial charge < -0.3 is 4.74 Å². The fourth-order valence-electron chi connectivity index (χ4n) is 3.31. The SMILES string of the molecule is O=C(OCc1ccccc1Cl)c1cccc(S(=O)(=O)N2CCc3ccccc32)c1. The molecule has 0 bridgehead atoms. The van der Waals surface area contributed by atoms with Crippen molar-refractivity contribution < 1.29 is 17.9 Å². The van der Waals surface area contributed by atoms with Gasteiger partial charge in [0.2, 0.25) is 0 Å². The topological polar surface area (TPSA) is 63.7 Å². The summed E-state index contributed by atoms with van der Waals surface area (Å²) in [5, 5.41) is 0.504. The first-order valence-corrected chi connectivity index (χ1v) is 10.9. The highest BCUT2D eigenvalue weighted by molar-refractivity contribution is 7.92. The largest absolute Gasteiger partial charge is 0.457 e. The maximum Gasteiger partial charge on any atom is 0.338 e. The molecule has 0 unspecified atom stereocenters. The van der Waals surface area contributed by atoms with Crippen molar-refractivity contribution >= 4 is 33.3 Å². The summed E-state index contributed by atoms with van der Waals surface area (Å²) in [6.45, 7) is 0.387. The number of anilines is 1. The van der Waals surface area contributed by atoms with Crippen LogP contribution in [0.15, 0.2) is 77.7 Å². The Bertz CT molecular complexity index is 1180. The Hall–Kier alpha value is -2.83. The van der Waals surface area contributed by atoms with E-state index in [1.165, 1.54) is 22.5 Å². The third kappa shape index (κ3) is 3.86. The van der Waals surface area contributed by atoms with Crippen LogP contribution in [0.3, 0.4) is 0 Å². The summed E-state index contributed by atoms with van der Waals surface area (Å²) in [5.41, 5.74) is 2.52. The van der Waals surface area contributed by atoms with Crippen LogP contribution >= 0.6 is 11.6 Å². The minimum absolute atomic E-state index is 0.00891. The van der Waals surface area contributed by atoms with Gasteiger partial charge in [-0.05, 0) is 42.3 Å². The molecule has 0 radical (unpaired) electrons. The van der Waals surface area contributed by atoms with Gasteiger partial charge in [0.15, 0.2) is 0 Å². The third-order valence-corrected chi connectivity index (χ3v) is 7.00. The smallest absolute Gasteiger partial charge is 0.338 e. The quantitative estimate of drug-likeness (QED) is 0.564. The van der Waals surface area contributed by atoms with Gasteiger partial charge in [-0.1, -0.05) is 54.1 Å². The molecule has 3 aromatic carbocycles. The average Bonchev–Trinajstić information content (AvgIpc) is 3.18. The summed E-state index contributed by atoms with van der Waals surface area (Å²) in [6.07, 6.45) is 0.662. The molecule has 0 atom stereocenters. The zero-order valence-electron chi connectivity index (χ0n) is 15.4. The van der Waals surface area contributed by atoms with Crippen LogP contribution < -0.4 is 4.31 Å². The number of para-hydroxylation sites is 1. The number of nitrogens with zero attached hydrogens (tertiary/aromatic N) is 1. The molecule has 1 aliphatic rings. The number of carbonyl (C=O) groups is 1. The fraction of sp³-hybridized carbons (Fsp3) is 0.136. The van der Waals surface area contributed by atoms with E-state index in [0.717, 1.165) is 5.56 Å². The lowest BCUT2D eigenvalue weighted by Gasteiger charge is -2.19. The first kappa shape index (κ1) is 19.5. The van der Waals surface area contributed by atoms with Crippen LogP contribution in [0.2, 0.25) is 5.02 Å². The molecule has 1 aliphatic heterocycles. The van der Waals surface area contributed by atoms with Gasteiger partial charge in [0, 0.05) is 17.1 Å². The number of esters is 1. The molecule has 1 heterocycles. The molecule has 0 aromatic heterocycles. The minimum Gasteiger partial charge on any atom is -0.457 e. The monoisotopic (exact) mass is 427 g/mol. The van der Waals surface area contributed by atoms with Crippen molar-refractivity contribution in [3.05, 3.63) is 94.5 Å². The molecule has 0 N–H and O–H groups in total. The van der Waals surface area contributed by atoms with Crippen molar-refractivity contribution in [2.24, 2.45) is 0 Å². The normalized spacial score (nSPS) is 13.2. The highest BCUT2D eigenvalue weighted by atomic mass is 35.5. The van der Waals surface area contributed by atoms with E-state index < -0.39 is 16.0 Å². The van der Waals surface area contributed by atoms with Crippen molar-refractivity contribution in [3.8, 4) is 0 Å². The molecule has 5 nitrogen and oxygen atoms in total. The number of hydrogen-bond acceptors (Lipinski definition) is 4. The first-order valence-electron chi connectivity index (χ1n) is 9.08. The predicted octanol–water partition coefficient (Wildman–Crippen LogP) is 4.45. The van der Waals surface area contributed by atoms with E-state index in [-0.39, 0.29) is 17.1 Å². The van der Waals surface area contributed by atoms with Crippen molar-refractivity contribution in [2.45, 2.75) is 17.9 Å². The number of fused-ring (bicyclic) bond motifs is 1. The van der Waals surface area contributed by atoms with Crippen LogP contribution in [0.25, 0.3) is 0 Å². The number of benzene rings is 3. The second-order valence-electron chi connectivity index (χ2n) is 6.65. The molecular formula is C22H18ClNO4S. The van der Waals surface area contributed by atoms with E-state index >= 15 is 0 Å². The van der Waals surface area contributed by atoms with E-state index in [1.807, 2.05) is 18.2 Å². The lowest BCUT2D eigenvalue weighted by molar-refractivity contribution is 0.0472. The van der Waals surface area contributed by atoms with Gasteiger partial charge in [-0.3, -0.25) is 4.31 Å². The number of hydrogen-bond donors (Lipinski definition) is 0. The van der Waals surface area contributed by atoms with E-state index in [2.05, 4.69) is 0 Å². The predicted molar refractivity (Wildman–Crippen MR) is 112 cm³/mol. The van der Waals surface area contributed by atoms with Gasteiger partial charge in [0.1, 0.15) is 6.61 Å². The highest BCUT2D eigenvalue weighted by Crippen LogP contribution is 2.32. The van der Waals surface area contributed by atoms with Crippen molar-refractivity contribution in [3.63, 3.8) is 0 Å². The number of rotatable bonds is 5. The van der Waals surface area contributed by atoms with Crippen LogP contribution in [-0.4, -0.2) is 20.9 Å². The molecule has 0 amide bonds. The molecule has 0 fully saturated rings. The Labute approximate surface area is 174 Å². The molecule has 0 spiro atoms. The molecule has 3 aromatic rings. The summed E-state index contributed by atoms with van der Waals surface area (Å²) in [7, 11) is -3.78. The molecule has 0 saturated carbocycles. The maximum atomic E-state index is 13.2.